The SMILES string of the molecule is CCC(C(=O)N(C)CC(=O)NCCOC)C(N)=S. The fraction of sp³-hybridized carbons (Fsp3) is 0.727. The summed E-state index contributed by atoms with van der Waals surface area (Å²) in [6, 6.07) is 0. The van der Waals surface area contributed by atoms with Crippen molar-refractivity contribution in [2.24, 2.45) is 11.7 Å². The van der Waals surface area contributed by atoms with Gasteiger partial charge in [0.05, 0.1) is 24.1 Å². The summed E-state index contributed by atoms with van der Waals surface area (Å²) in [5, 5.41) is 2.63. The number of amides is 2. The molecule has 0 aromatic heterocycles. The third kappa shape index (κ3) is 5.92. The van der Waals surface area contributed by atoms with Crippen molar-refractivity contribution in [3.63, 3.8) is 0 Å². The van der Waals surface area contributed by atoms with Gasteiger partial charge in [0.1, 0.15) is 0 Å². The molecule has 0 saturated carbocycles. The van der Waals surface area contributed by atoms with E-state index in [1.807, 2.05) is 6.92 Å². The van der Waals surface area contributed by atoms with E-state index >= 15 is 0 Å². The number of nitrogens with one attached hydrogen (secondary N) is 1. The van der Waals surface area contributed by atoms with Crippen LogP contribution in [0.3, 0.4) is 0 Å². The zero-order chi connectivity index (χ0) is 14.1. The number of methoxy groups -OCH3 is 1. The van der Waals surface area contributed by atoms with Crippen LogP contribution in [0.1, 0.15) is 13.3 Å². The number of nitrogens with two attached hydrogens (primary N) is 1. The first-order valence-electron chi connectivity index (χ1n) is 5.73. The van der Waals surface area contributed by atoms with Crippen LogP contribution in [-0.4, -0.2) is 55.6 Å². The molecular weight excluding hydrogens is 254 g/mol. The van der Waals surface area contributed by atoms with E-state index in [0.29, 0.717) is 19.6 Å². The predicted molar refractivity (Wildman–Crippen MR) is 73.1 cm³/mol. The van der Waals surface area contributed by atoms with E-state index in [9.17, 15) is 9.59 Å². The monoisotopic (exact) mass is 275 g/mol. The number of rotatable bonds is 8. The van der Waals surface area contributed by atoms with Crippen LogP contribution in [0.4, 0.5) is 0 Å². The lowest BCUT2D eigenvalue weighted by Gasteiger charge is -2.21. The smallest absolute Gasteiger partial charge is 0.239 e. The molecule has 2 amide bonds. The summed E-state index contributed by atoms with van der Waals surface area (Å²) in [5.41, 5.74) is 5.48. The maximum atomic E-state index is 11.9. The highest BCUT2D eigenvalue weighted by atomic mass is 32.1. The van der Waals surface area contributed by atoms with Gasteiger partial charge in [-0.3, -0.25) is 9.59 Å². The topological polar surface area (TPSA) is 84.7 Å². The first kappa shape index (κ1) is 16.8. The average Bonchev–Trinajstić information content (AvgIpc) is 2.29. The minimum atomic E-state index is -0.503. The molecule has 0 aromatic rings. The van der Waals surface area contributed by atoms with Gasteiger partial charge < -0.3 is 20.7 Å². The maximum absolute atomic E-state index is 11.9. The number of carbonyl (C=O) groups is 2. The van der Waals surface area contributed by atoms with E-state index in [4.69, 9.17) is 22.7 Å². The number of thiocarbonyl (C=S) groups is 1. The molecule has 0 aromatic carbocycles. The molecule has 3 N–H and O–H groups in total. The Morgan fingerprint density at radius 3 is 2.56 bits per heavy atom. The lowest BCUT2D eigenvalue weighted by molar-refractivity contribution is -0.136. The molecule has 0 rings (SSSR count). The fourth-order valence-corrected chi connectivity index (χ4v) is 1.67. The van der Waals surface area contributed by atoms with Crippen LogP contribution in [-0.2, 0) is 14.3 Å². The molecule has 104 valence electrons. The van der Waals surface area contributed by atoms with E-state index in [1.165, 1.54) is 4.90 Å². The maximum Gasteiger partial charge on any atom is 0.239 e. The summed E-state index contributed by atoms with van der Waals surface area (Å²) in [5.74, 6) is -0.968. The van der Waals surface area contributed by atoms with Crippen LogP contribution in [0.15, 0.2) is 0 Å². The van der Waals surface area contributed by atoms with Crippen LogP contribution in [0.5, 0.6) is 0 Å². The van der Waals surface area contributed by atoms with Gasteiger partial charge in [0.15, 0.2) is 0 Å². The standard InChI is InChI=1S/C11H21N3O3S/c1-4-8(10(12)18)11(16)14(2)7-9(15)13-5-6-17-3/h8H,4-7H2,1-3H3,(H2,12,18)(H,13,15). The van der Waals surface area contributed by atoms with Gasteiger partial charge in [0.2, 0.25) is 11.8 Å². The molecule has 0 bridgehead atoms. The largest absolute Gasteiger partial charge is 0.393 e. The molecule has 6 nitrogen and oxygen atoms in total. The summed E-state index contributed by atoms with van der Waals surface area (Å²) in [7, 11) is 3.11. The van der Waals surface area contributed by atoms with Gasteiger partial charge in [-0.25, -0.2) is 0 Å². The zero-order valence-corrected chi connectivity index (χ0v) is 11.9. The van der Waals surface area contributed by atoms with Gasteiger partial charge >= 0.3 is 0 Å². The molecule has 1 unspecified atom stereocenters. The van der Waals surface area contributed by atoms with Crippen LogP contribution >= 0.6 is 12.2 Å². The highest BCUT2D eigenvalue weighted by Crippen LogP contribution is 2.07. The average molecular weight is 275 g/mol. The van der Waals surface area contributed by atoms with Crippen molar-refractivity contribution in [1.82, 2.24) is 10.2 Å². The first-order valence-corrected chi connectivity index (χ1v) is 6.14. The molecule has 0 saturated heterocycles. The van der Waals surface area contributed by atoms with Crippen molar-refractivity contribution in [3.8, 4) is 0 Å². The molecule has 0 aliphatic carbocycles. The number of hydrogen-bond acceptors (Lipinski definition) is 4. The Bertz CT molecular complexity index is 310. The van der Waals surface area contributed by atoms with Crippen molar-refractivity contribution in [3.05, 3.63) is 0 Å². The normalized spacial score (nSPS) is 11.7. The Labute approximate surface area is 113 Å². The molecular formula is C11H21N3O3S. The lowest BCUT2D eigenvalue weighted by atomic mass is 10.1. The minimum absolute atomic E-state index is 0.0122. The molecule has 0 aliphatic rings. The molecule has 18 heavy (non-hydrogen) atoms. The van der Waals surface area contributed by atoms with Crippen molar-refractivity contribution < 1.29 is 14.3 Å². The van der Waals surface area contributed by atoms with E-state index in [-0.39, 0.29) is 23.3 Å². The van der Waals surface area contributed by atoms with Crippen LogP contribution in [0.25, 0.3) is 0 Å². The summed E-state index contributed by atoms with van der Waals surface area (Å²) in [6.07, 6.45) is 0.532. The molecule has 1 atom stereocenters. The Morgan fingerprint density at radius 2 is 2.11 bits per heavy atom. The molecule has 0 aliphatic heterocycles. The zero-order valence-electron chi connectivity index (χ0n) is 11.1. The van der Waals surface area contributed by atoms with Crippen LogP contribution in [0.2, 0.25) is 0 Å². The number of carbonyl (C=O) groups excluding carboxylic acids is 2. The summed E-state index contributed by atoms with van der Waals surface area (Å²) in [6.45, 7) is 2.67. The Hall–Kier alpha value is -1.21. The fourth-order valence-electron chi connectivity index (χ4n) is 1.41. The molecule has 0 spiro atoms. The Kier molecular flexibility index (Phi) is 8.23. The molecule has 7 heteroatoms. The van der Waals surface area contributed by atoms with Gasteiger partial charge in [-0.05, 0) is 6.42 Å². The second-order valence-electron chi connectivity index (χ2n) is 3.90. The van der Waals surface area contributed by atoms with Gasteiger partial charge in [-0.1, -0.05) is 19.1 Å². The van der Waals surface area contributed by atoms with E-state index in [0.717, 1.165) is 0 Å². The minimum Gasteiger partial charge on any atom is -0.393 e. The Balaban J connectivity index is 4.22. The third-order valence-electron chi connectivity index (χ3n) is 2.44. The van der Waals surface area contributed by atoms with Crippen LogP contribution < -0.4 is 11.1 Å². The summed E-state index contributed by atoms with van der Waals surface area (Å²) < 4.78 is 4.80. The Morgan fingerprint density at radius 1 is 1.50 bits per heavy atom. The lowest BCUT2D eigenvalue weighted by Crippen LogP contribution is -2.44. The van der Waals surface area contributed by atoms with Crippen LogP contribution in [0, 0.1) is 5.92 Å². The van der Waals surface area contributed by atoms with Crippen molar-refractivity contribution in [2.45, 2.75) is 13.3 Å². The summed E-state index contributed by atoms with van der Waals surface area (Å²) in [4.78, 5) is 24.9. The van der Waals surface area contributed by atoms with E-state index in [1.54, 1.807) is 14.2 Å². The van der Waals surface area contributed by atoms with Gasteiger partial charge in [0, 0.05) is 20.7 Å². The number of likely N-dealkylation sites (N-methyl/N-ethyl adjacent to an activating group) is 1. The highest BCUT2D eigenvalue weighted by Gasteiger charge is 2.23. The second kappa shape index (κ2) is 8.82. The quantitative estimate of drug-likeness (QED) is 0.462. The number of ether oxygens (including phenoxy) is 1. The van der Waals surface area contributed by atoms with E-state index < -0.39 is 5.92 Å². The van der Waals surface area contributed by atoms with Crippen molar-refractivity contribution >= 4 is 29.0 Å². The molecule has 0 heterocycles. The molecule has 0 fully saturated rings. The number of nitrogens with zero attached hydrogens (tertiary/aromatic N) is 1. The van der Waals surface area contributed by atoms with Crippen molar-refractivity contribution in [1.29, 1.82) is 0 Å². The van der Waals surface area contributed by atoms with Gasteiger partial charge in [-0.15, -0.1) is 0 Å². The van der Waals surface area contributed by atoms with Gasteiger partial charge in [0.25, 0.3) is 0 Å². The first-order chi connectivity index (χ1) is 8.43. The van der Waals surface area contributed by atoms with E-state index in [2.05, 4.69) is 5.32 Å². The predicted octanol–water partition coefficient (Wildman–Crippen LogP) is -0.480. The second-order valence-corrected chi connectivity index (χ2v) is 4.37. The third-order valence-corrected chi connectivity index (χ3v) is 2.72. The van der Waals surface area contributed by atoms with Crippen molar-refractivity contribution in [2.75, 3.05) is 33.9 Å². The summed E-state index contributed by atoms with van der Waals surface area (Å²) >= 11 is 4.82. The highest BCUT2D eigenvalue weighted by molar-refractivity contribution is 7.80. The van der Waals surface area contributed by atoms with Gasteiger partial charge in [-0.2, -0.15) is 0 Å². The number of hydrogen-bond donors (Lipinski definition) is 2. The molecule has 0 radical (unpaired) electrons.